The van der Waals surface area contributed by atoms with Gasteiger partial charge in [0.1, 0.15) is 0 Å². The lowest BCUT2D eigenvalue weighted by atomic mass is 9.94. The van der Waals surface area contributed by atoms with Crippen LogP contribution in [0.4, 0.5) is 5.69 Å². The number of hydrogen-bond acceptors (Lipinski definition) is 2. The van der Waals surface area contributed by atoms with E-state index >= 15 is 0 Å². The third-order valence-corrected chi connectivity index (χ3v) is 4.76. The minimum atomic E-state index is 0.228. The van der Waals surface area contributed by atoms with E-state index in [1.807, 2.05) is 0 Å². The minimum absolute atomic E-state index is 0.228. The van der Waals surface area contributed by atoms with Gasteiger partial charge in [0.05, 0.1) is 10.7 Å². The SMILES string of the molecule is CCC(N)Cc1ccc(N2CC(C)CCC2C)c(Cl)c1. The molecule has 0 saturated carbocycles. The molecular weight excluding hydrogens is 268 g/mol. The van der Waals surface area contributed by atoms with Crippen molar-refractivity contribution >= 4 is 17.3 Å². The Morgan fingerprint density at radius 1 is 1.35 bits per heavy atom. The molecule has 20 heavy (non-hydrogen) atoms. The average molecular weight is 295 g/mol. The van der Waals surface area contributed by atoms with E-state index in [9.17, 15) is 0 Å². The number of hydrogen-bond donors (Lipinski definition) is 1. The van der Waals surface area contributed by atoms with E-state index in [1.165, 1.54) is 24.1 Å². The summed E-state index contributed by atoms with van der Waals surface area (Å²) in [5.41, 5.74) is 8.44. The van der Waals surface area contributed by atoms with E-state index < -0.39 is 0 Å². The normalized spacial score (nSPS) is 24.8. The van der Waals surface area contributed by atoms with Crippen molar-refractivity contribution in [2.75, 3.05) is 11.4 Å². The van der Waals surface area contributed by atoms with Crippen LogP contribution in [0.1, 0.15) is 45.6 Å². The highest BCUT2D eigenvalue weighted by atomic mass is 35.5. The molecule has 112 valence electrons. The molecule has 0 spiro atoms. The second-order valence-electron chi connectivity index (χ2n) is 6.34. The van der Waals surface area contributed by atoms with Gasteiger partial charge < -0.3 is 10.6 Å². The first kappa shape index (κ1) is 15.7. The number of rotatable bonds is 4. The zero-order valence-corrected chi connectivity index (χ0v) is 13.7. The first-order valence-corrected chi connectivity index (χ1v) is 8.19. The summed E-state index contributed by atoms with van der Waals surface area (Å²) in [7, 11) is 0. The molecule has 3 heteroatoms. The van der Waals surface area contributed by atoms with Crippen molar-refractivity contribution < 1.29 is 0 Å². The van der Waals surface area contributed by atoms with E-state index in [4.69, 9.17) is 17.3 Å². The largest absolute Gasteiger partial charge is 0.367 e. The smallest absolute Gasteiger partial charge is 0.0642 e. The third kappa shape index (κ3) is 3.67. The van der Waals surface area contributed by atoms with Crippen LogP contribution in [-0.4, -0.2) is 18.6 Å². The molecule has 2 nitrogen and oxygen atoms in total. The molecule has 3 unspecified atom stereocenters. The predicted octanol–water partition coefficient (Wildman–Crippen LogP) is 4.24. The number of anilines is 1. The van der Waals surface area contributed by atoms with Crippen molar-refractivity contribution in [1.82, 2.24) is 0 Å². The lowest BCUT2D eigenvalue weighted by Crippen LogP contribution is -2.41. The Labute approximate surface area is 128 Å². The Bertz CT molecular complexity index is 447. The highest BCUT2D eigenvalue weighted by Crippen LogP contribution is 2.33. The van der Waals surface area contributed by atoms with Gasteiger partial charge in [-0.15, -0.1) is 0 Å². The molecule has 1 fully saturated rings. The van der Waals surface area contributed by atoms with Crippen molar-refractivity contribution in [1.29, 1.82) is 0 Å². The topological polar surface area (TPSA) is 29.3 Å². The lowest BCUT2D eigenvalue weighted by Gasteiger charge is -2.39. The third-order valence-electron chi connectivity index (χ3n) is 4.46. The number of benzene rings is 1. The second-order valence-corrected chi connectivity index (χ2v) is 6.75. The summed E-state index contributed by atoms with van der Waals surface area (Å²) in [6.45, 7) is 7.84. The fourth-order valence-corrected chi connectivity index (χ4v) is 3.29. The van der Waals surface area contributed by atoms with Gasteiger partial charge in [-0.1, -0.05) is 31.5 Å². The van der Waals surface area contributed by atoms with Crippen LogP contribution in [0.25, 0.3) is 0 Å². The van der Waals surface area contributed by atoms with Gasteiger partial charge in [-0.25, -0.2) is 0 Å². The van der Waals surface area contributed by atoms with Crippen LogP contribution in [0, 0.1) is 5.92 Å². The molecule has 1 saturated heterocycles. The van der Waals surface area contributed by atoms with Gasteiger partial charge in [-0.05, 0) is 56.2 Å². The molecule has 0 amide bonds. The highest BCUT2D eigenvalue weighted by molar-refractivity contribution is 6.33. The van der Waals surface area contributed by atoms with Gasteiger partial charge in [0.2, 0.25) is 0 Å². The quantitative estimate of drug-likeness (QED) is 0.900. The van der Waals surface area contributed by atoms with Gasteiger partial charge in [-0.3, -0.25) is 0 Å². The Kier molecular flexibility index (Phi) is 5.34. The van der Waals surface area contributed by atoms with Gasteiger partial charge in [0.15, 0.2) is 0 Å². The van der Waals surface area contributed by atoms with Crippen molar-refractivity contribution in [3.63, 3.8) is 0 Å². The zero-order chi connectivity index (χ0) is 14.7. The molecule has 1 aliphatic heterocycles. The maximum atomic E-state index is 6.52. The molecule has 1 heterocycles. The molecule has 0 aliphatic carbocycles. The van der Waals surface area contributed by atoms with Crippen LogP contribution in [0.15, 0.2) is 18.2 Å². The van der Waals surface area contributed by atoms with Crippen molar-refractivity contribution in [3.8, 4) is 0 Å². The summed E-state index contributed by atoms with van der Waals surface area (Å²) in [4.78, 5) is 2.46. The standard InChI is InChI=1S/C17H27ClN2/c1-4-15(19)9-14-7-8-17(16(18)10-14)20-11-12(2)5-6-13(20)3/h7-8,10,12-13,15H,4-6,9,11,19H2,1-3H3. The molecule has 0 radical (unpaired) electrons. The summed E-state index contributed by atoms with van der Waals surface area (Å²) in [5, 5.41) is 0.867. The van der Waals surface area contributed by atoms with E-state index in [-0.39, 0.29) is 6.04 Å². The van der Waals surface area contributed by atoms with Crippen LogP contribution < -0.4 is 10.6 Å². The summed E-state index contributed by atoms with van der Waals surface area (Å²) in [5.74, 6) is 0.746. The van der Waals surface area contributed by atoms with Crippen LogP contribution in [-0.2, 0) is 6.42 Å². The Morgan fingerprint density at radius 2 is 2.10 bits per heavy atom. The van der Waals surface area contributed by atoms with Crippen LogP contribution in [0.2, 0.25) is 5.02 Å². The molecule has 3 atom stereocenters. The number of halogens is 1. The zero-order valence-electron chi connectivity index (χ0n) is 12.9. The summed E-state index contributed by atoms with van der Waals surface area (Å²) >= 11 is 6.52. The molecule has 0 aromatic heterocycles. The van der Waals surface area contributed by atoms with E-state index in [0.717, 1.165) is 30.3 Å². The molecule has 1 aromatic carbocycles. The van der Waals surface area contributed by atoms with E-state index in [2.05, 4.69) is 43.9 Å². The van der Waals surface area contributed by atoms with Crippen molar-refractivity contribution in [2.45, 2.75) is 58.5 Å². The number of nitrogens with zero attached hydrogens (tertiary/aromatic N) is 1. The fourth-order valence-electron chi connectivity index (χ4n) is 2.98. The summed E-state index contributed by atoms with van der Waals surface area (Å²) < 4.78 is 0. The van der Waals surface area contributed by atoms with Crippen molar-refractivity contribution in [3.05, 3.63) is 28.8 Å². The van der Waals surface area contributed by atoms with Crippen LogP contribution >= 0.6 is 11.6 Å². The van der Waals surface area contributed by atoms with Gasteiger partial charge in [0.25, 0.3) is 0 Å². The molecule has 2 rings (SSSR count). The highest BCUT2D eigenvalue weighted by Gasteiger charge is 2.24. The maximum Gasteiger partial charge on any atom is 0.0642 e. The summed E-state index contributed by atoms with van der Waals surface area (Å²) in [6.07, 6.45) is 4.47. The second kappa shape index (κ2) is 6.82. The van der Waals surface area contributed by atoms with E-state index in [0.29, 0.717) is 6.04 Å². The monoisotopic (exact) mass is 294 g/mol. The minimum Gasteiger partial charge on any atom is -0.367 e. The van der Waals surface area contributed by atoms with Gasteiger partial charge in [-0.2, -0.15) is 0 Å². The maximum absolute atomic E-state index is 6.52. The summed E-state index contributed by atoms with van der Waals surface area (Å²) in [6, 6.07) is 7.26. The predicted molar refractivity (Wildman–Crippen MR) is 88.6 cm³/mol. The Balaban J connectivity index is 2.16. The van der Waals surface area contributed by atoms with Crippen LogP contribution in [0.3, 0.4) is 0 Å². The number of nitrogens with two attached hydrogens (primary N) is 1. The first-order chi connectivity index (χ1) is 9.51. The molecular formula is C17H27ClN2. The number of piperidine rings is 1. The molecule has 2 N–H and O–H groups in total. The van der Waals surface area contributed by atoms with Crippen LogP contribution in [0.5, 0.6) is 0 Å². The van der Waals surface area contributed by atoms with Gasteiger partial charge in [0, 0.05) is 18.6 Å². The molecule has 1 aromatic rings. The Hall–Kier alpha value is -0.730. The molecule has 0 bridgehead atoms. The molecule has 1 aliphatic rings. The van der Waals surface area contributed by atoms with Gasteiger partial charge >= 0.3 is 0 Å². The van der Waals surface area contributed by atoms with Crippen molar-refractivity contribution in [2.24, 2.45) is 11.7 Å². The fraction of sp³-hybridized carbons (Fsp3) is 0.647. The Morgan fingerprint density at radius 3 is 2.75 bits per heavy atom. The van der Waals surface area contributed by atoms with E-state index in [1.54, 1.807) is 0 Å². The first-order valence-electron chi connectivity index (χ1n) is 7.81. The average Bonchev–Trinajstić information content (AvgIpc) is 2.42. The lowest BCUT2D eigenvalue weighted by molar-refractivity contribution is 0.390.